The first-order valence-corrected chi connectivity index (χ1v) is 8.84. The molecule has 0 aromatic heterocycles. The van der Waals surface area contributed by atoms with Crippen molar-refractivity contribution in [1.82, 2.24) is 4.90 Å². The van der Waals surface area contributed by atoms with E-state index in [-0.39, 0.29) is 43.2 Å². The van der Waals surface area contributed by atoms with Crippen LogP contribution in [0.15, 0.2) is 36.4 Å². The van der Waals surface area contributed by atoms with Gasteiger partial charge in [0, 0.05) is 6.54 Å². The predicted molar refractivity (Wildman–Crippen MR) is 94.3 cm³/mol. The number of rotatable bonds is 6. The van der Waals surface area contributed by atoms with E-state index in [1.807, 2.05) is 12.2 Å². The Kier molecular flexibility index (Phi) is 5.69. The van der Waals surface area contributed by atoms with Gasteiger partial charge in [0.05, 0.1) is 30.9 Å². The molecule has 1 saturated heterocycles. The van der Waals surface area contributed by atoms with E-state index >= 15 is 0 Å². The molecule has 1 aliphatic heterocycles. The van der Waals surface area contributed by atoms with Gasteiger partial charge in [-0.3, -0.25) is 19.3 Å². The fourth-order valence-corrected chi connectivity index (χ4v) is 3.38. The van der Waals surface area contributed by atoms with Gasteiger partial charge in [0.15, 0.2) is 0 Å². The Morgan fingerprint density at radius 2 is 1.63 bits per heavy atom. The maximum absolute atomic E-state index is 12.3. The van der Waals surface area contributed by atoms with Crippen molar-refractivity contribution in [2.24, 2.45) is 11.8 Å². The zero-order valence-corrected chi connectivity index (χ0v) is 15.1. The molecule has 0 radical (unpaired) electrons. The average molecular weight is 371 g/mol. The zero-order chi connectivity index (χ0) is 19.4. The van der Waals surface area contributed by atoms with E-state index in [1.165, 1.54) is 12.0 Å². The highest BCUT2D eigenvalue weighted by Crippen LogP contribution is 2.35. The van der Waals surface area contributed by atoms with E-state index in [4.69, 9.17) is 4.74 Å². The molecule has 0 N–H and O–H groups in total. The highest BCUT2D eigenvalue weighted by molar-refractivity contribution is 6.05. The van der Waals surface area contributed by atoms with E-state index in [0.29, 0.717) is 18.4 Å². The van der Waals surface area contributed by atoms with Crippen LogP contribution in [-0.2, 0) is 30.5 Å². The van der Waals surface area contributed by atoms with Crippen molar-refractivity contribution >= 4 is 23.8 Å². The number of carbonyl (C=O) groups excluding carboxylic acids is 4. The molecular formula is C20H21NO6. The first kappa shape index (κ1) is 18.8. The van der Waals surface area contributed by atoms with Crippen molar-refractivity contribution in [3.8, 4) is 0 Å². The summed E-state index contributed by atoms with van der Waals surface area (Å²) in [4.78, 5) is 49.2. The van der Waals surface area contributed by atoms with Gasteiger partial charge in [0.2, 0.25) is 11.8 Å². The summed E-state index contributed by atoms with van der Waals surface area (Å²) >= 11 is 0. The minimum atomic E-state index is -0.486. The predicted octanol–water partition coefficient (Wildman–Crippen LogP) is 1.86. The Morgan fingerprint density at radius 3 is 2.19 bits per heavy atom. The van der Waals surface area contributed by atoms with Gasteiger partial charge in [-0.15, -0.1) is 0 Å². The second-order valence-electron chi connectivity index (χ2n) is 6.58. The Labute approximate surface area is 156 Å². The molecule has 0 bridgehead atoms. The molecule has 1 aromatic carbocycles. The number of esters is 2. The number of carbonyl (C=O) groups is 4. The molecule has 2 aliphatic rings. The quantitative estimate of drug-likeness (QED) is 0.431. The van der Waals surface area contributed by atoms with Crippen LogP contribution in [0.2, 0.25) is 0 Å². The van der Waals surface area contributed by atoms with Crippen LogP contribution in [0.3, 0.4) is 0 Å². The molecule has 0 spiro atoms. The molecule has 7 heteroatoms. The molecule has 7 nitrogen and oxygen atoms in total. The number of imide groups is 1. The molecule has 0 unspecified atom stereocenters. The van der Waals surface area contributed by atoms with Gasteiger partial charge in [0.25, 0.3) is 0 Å². The number of likely N-dealkylation sites (tertiary alicyclic amines) is 1. The standard InChI is InChI=1S/C20H21NO6/c1-26-20(25)14-8-6-13(7-9-14)12-27-17(22)10-11-21-18(23)15-4-2-3-5-16(15)19(21)24/h2-3,6-9,15-16H,4-5,10-12H2,1H3/t15-,16-/m0/s1. The molecule has 1 fully saturated rings. The van der Waals surface area contributed by atoms with Gasteiger partial charge < -0.3 is 9.47 Å². The number of hydrogen-bond donors (Lipinski definition) is 0. The normalized spacial score (nSPS) is 21.1. The minimum Gasteiger partial charge on any atom is -0.465 e. The molecule has 2 amide bonds. The fraction of sp³-hybridized carbons (Fsp3) is 0.400. The number of amides is 2. The first-order valence-electron chi connectivity index (χ1n) is 8.84. The van der Waals surface area contributed by atoms with Crippen molar-refractivity contribution < 1.29 is 28.7 Å². The highest BCUT2D eigenvalue weighted by atomic mass is 16.5. The van der Waals surface area contributed by atoms with Gasteiger partial charge in [0.1, 0.15) is 6.61 Å². The monoisotopic (exact) mass is 371 g/mol. The third-order valence-corrected chi connectivity index (χ3v) is 4.91. The molecule has 3 rings (SSSR count). The molecule has 142 valence electrons. The fourth-order valence-electron chi connectivity index (χ4n) is 3.38. The number of allylic oxidation sites excluding steroid dienone is 2. The first-order chi connectivity index (χ1) is 13.0. The van der Waals surface area contributed by atoms with Gasteiger partial charge in [-0.1, -0.05) is 24.3 Å². The lowest BCUT2D eigenvalue weighted by atomic mass is 9.85. The second-order valence-corrected chi connectivity index (χ2v) is 6.58. The van der Waals surface area contributed by atoms with E-state index in [1.54, 1.807) is 24.3 Å². The van der Waals surface area contributed by atoms with Crippen molar-refractivity contribution in [1.29, 1.82) is 0 Å². The summed E-state index contributed by atoms with van der Waals surface area (Å²) in [7, 11) is 1.30. The number of fused-ring (bicyclic) bond motifs is 1. The van der Waals surface area contributed by atoms with E-state index in [0.717, 1.165) is 5.56 Å². The smallest absolute Gasteiger partial charge is 0.337 e. The summed E-state index contributed by atoms with van der Waals surface area (Å²) < 4.78 is 9.81. The largest absolute Gasteiger partial charge is 0.465 e. The van der Waals surface area contributed by atoms with Crippen molar-refractivity contribution in [2.45, 2.75) is 25.9 Å². The topological polar surface area (TPSA) is 90.0 Å². The van der Waals surface area contributed by atoms with Gasteiger partial charge in [-0.2, -0.15) is 0 Å². The van der Waals surface area contributed by atoms with Crippen LogP contribution >= 0.6 is 0 Å². The van der Waals surface area contributed by atoms with E-state index < -0.39 is 11.9 Å². The molecule has 0 saturated carbocycles. The molecule has 1 heterocycles. The van der Waals surface area contributed by atoms with Crippen molar-refractivity contribution in [3.63, 3.8) is 0 Å². The van der Waals surface area contributed by atoms with Gasteiger partial charge >= 0.3 is 11.9 Å². The van der Waals surface area contributed by atoms with Crippen molar-refractivity contribution in [2.75, 3.05) is 13.7 Å². The van der Waals surface area contributed by atoms with Crippen LogP contribution in [-0.4, -0.2) is 42.3 Å². The third-order valence-electron chi connectivity index (χ3n) is 4.91. The Balaban J connectivity index is 1.47. The molecular weight excluding hydrogens is 350 g/mol. The minimum absolute atomic E-state index is 0.0371. The van der Waals surface area contributed by atoms with Crippen LogP contribution in [0.4, 0.5) is 0 Å². The van der Waals surface area contributed by atoms with Gasteiger partial charge in [-0.25, -0.2) is 4.79 Å². The maximum atomic E-state index is 12.3. The number of hydrogen-bond acceptors (Lipinski definition) is 6. The number of nitrogens with zero attached hydrogens (tertiary/aromatic N) is 1. The highest BCUT2D eigenvalue weighted by Gasteiger charge is 2.46. The average Bonchev–Trinajstić information content (AvgIpc) is 2.95. The number of benzene rings is 1. The van der Waals surface area contributed by atoms with Crippen LogP contribution in [0.25, 0.3) is 0 Å². The Morgan fingerprint density at radius 1 is 1.04 bits per heavy atom. The summed E-state index contributed by atoms with van der Waals surface area (Å²) in [5, 5.41) is 0. The molecule has 2 atom stereocenters. The second kappa shape index (κ2) is 8.16. The summed E-state index contributed by atoms with van der Waals surface area (Å²) in [5.74, 6) is -1.88. The van der Waals surface area contributed by atoms with E-state index in [2.05, 4.69) is 4.74 Å². The Bertz CT molecular complexity index is 756. The molecule has 27 heavy (non-hydrogen) atoms. The molecule has 1 aliphatic carbocycles. The summed E-state index contributed by atoms with van der Waals surface area (Å²) in [6.45, 7) is 0.0993. The van der Waals surface area contributed by atoms with Gasteiger partial charge in [-0.05, 0) is 30.5 Å². The zero-order valence-electron chi connectivity index (χ0n) is 15.1. The number of ether oxygens (including phenoxy) is 2. The summed E-state index contributed by atoms with van der Waals surface area (Å²) in [5.41, 5.74) is 1.14. The summed E-state index contributed by atoms with van der Waals surface area (Å²) in [6.07, 6.45) is 4.98. The molecule has 1 aromatic rings. The number of methoxy groups -OCH3 is 1. The van der Waals surface area contributed by atoms with Crippen LogP contribution in [0.5, 0.6) is 0 Å². The van der Waals surface area contributed by atoms with Crippen LogP contribution < -0.4 is 0 Å². The van der Waals surface area contributed by atoms with Crippen LogP contribution in [0.1, 0.15) is 35.2 Å². The van der Waals surface area contributed by atoms with E-state index in [9.17, 15) is 19.2 Å². The maximum Gasteiger partial charge on any atom is 0.337 e. The lowest BCUT2D eigenvalue weighted by Gasteiger charge is -2.14. The third kappa shape index (κ3) is 4.07. The lowest BCUT2D eigenvalue weighted by molar-refractivity contribution is -0.146. The van der Waals surface area contributed by atoms with Crippen LogP contribution in [0, 0.1) is 11.8 Å². The Hall–Kier alpha value is -2.96. The lowest BCUT2D eigenvalue weighted by Crippen LogP contribution is -2.33. The van der Waals surface area contributed by atoms with Crippen molar-refractivity contribution in [3.05, 3.63) is 47.5 Å². The SMILES string of the molecule is COC(=O)c1ccc(COC(=O)CCN2C(=O)[C@H]3CC=CC[C@@H]3C2=O)cc1. The summed E-state index contributed by atoms with van der Waals surface area (Å²) in [6, 6.07) is 6.52.